The second kappa shape index (κ2) is 5.73. The van der Waals surface area contributed by atoms with E-state index in [1.54, 1.807) is 12.1 Å². The van der Waals surface area contributed by atoms with E-state index in [2.05, 4.69) is 9.80 Å². The van der Waals surface area contributed by atoms with Gasteiger partial charge in [0.25, 0.3) is 0 Å². The van der Waals surface area contributed by atoms with E-state index in [4.69, 9.17) is 22.1 Å². The van der Waals surface area contributed by atoms with Gasteiger partial charge in [0.05, 0.1) is 23.4 Å². The van der Waals surface area contributed by atoms with E-state index in [-0.39, 0.29) is 0 Å². The van der Waals surface area contributed by atoms with E-state index in [1.807, 2.05) is 0 Å². The van der Waals surface area contributed by atoms with Crippen LogP contribution >= 0.6 is 11.6 Å². The summed E-state index contributed by atoms with van der Waals surface area (Å²) in [5.41, 5.74) is 7.46. The van der Waals surface area contributed by atoms with Crippen LogP contribution in [0.4, 0.5) is 11.4 Å². The second-order valence-corrected chi connectivity index (χ2v) is 6.05. The van der Waals surface area contributed by atoms with Crippen LogP contribution < -0.4 is 10.6 Å². The molecule has 3 rings (SSSR count). The van der Waals surface area contributed by atoms with Crippen molar-refractivity contribution in [2.75, 3.05) is 43.9 Å². The molecule has 1 saturated heterocycles. The Labute approximate surface area is 129 Å². The van der Waals surface area contributed by atoms with E-state index in [1.165, 1.54) is 20.0 Å². The van der Waals surface area contributed by atoms with Crippen molar-refractivity contribution in [1.29, 1.82) is 0 Å². The number of ether oxygens (including phenoxy) is 1. The number of methoxy groups -OCH3 is 1. The van der Waals surface area contributed by atoms with Crippen molar-refractivity contribution in [1.82, 2.24) is 4.90 Å². The first-order valence-electron chi connectivity index (χ1n) is 7.26. The van der Waals surface area contributed by atoms with Crippen LogP contribution in [-0.2, 0) is 4.74 Å². The smallest absolute Gasteiger partial charge is 0.340 e. The summed E-state index contributed by atoms with van der Waals surface area (Å²) >= 11 is 6.34. The molecule has 0 bridgehead atoms. The van der Waals surface area contributed by atoms with E-state index in [0.29, 0.717) is 16.3 Å². The zero-order valence-corrected chi connectivity index (χ0v) is 12.9. The summed E-state index contributed by atoms with van der Waals surface area (Å²) in [7, 11) is 1.37. The lowest BCUT2D eigenvalue weighted by molar-refractivity contribution is 0.0601. The zero-order chi connectivity index (χ0) is 15.0. The maximum atomic E-state index is 12.0. The highest BCUT2D eigenvalue weighted by Crippen LogP contribution is 2.35. The molecule has 2 N–H and O–H groups in total. The molecule has 1 saturated carbocycles. The first kappa shape index (κ1) is 14.5. The van der Waals surface area contributed by atoms with Crippen LogP contribution in [0.15, 0.2) is 12.1 Å². The maximum absolute atomic E-state index is 12.0. The van der Waals surface area contributed by atoms with Gasteiger partial charge in [0.15, 0.2) is 0 Å². The number of nitrogens with two attached hydrogens (primary N) is 1. The summed E-state index contributed by atoms with van der Waals surface area (Å²) in [4.78, 5) is 16.7. The van der Waals surface area contributed by atoms with E-state index < -0.39 is 5.97 Å². The lowest BCUT2D eigenvalue weighted by atomic mass is 10.1. The standard InChI is InChI=1S/C15H20ClN3O2/c1-21-15(20)12-8-10(17)9-13(16)14(12)19-6-4-18(5-7-19)11-2-3-11/h8-9,11H,2-7,17H2,1H3. The van der Waals surface area contributed by atoms with E-state index >= 15 is 0 Å². The fourth-order valence-electron chi connectivity index (χ4n) is 2.96. The molecule has 1 aromatic rings. The molecule has 0 unspecified atom stereocenters. The second-order valence-electron chi connectivity index (χ2n) is 5.64. The van der Waals surface area contributed by atoms with Crippen LogP contribution in [0.1, 0.15) is 23.2 Å². The van der Waals surface area contributed by atoms with Crippen molar-refractivity contribution in [2.45, 2.75) is 18.9 Å². The first-order chi connectivity index (χ1) is 10.1. The Balaban J connectivity index is 1.85. The number of carbonyl (C=O) groups is 1. The summed E-state index contributed by atoms with van der Waals surface area (Å²) in [6.45, 7) is 3.74. The molecule has 2 fully saturated rings. The predicted molar refractivity (Wildman–Crippen MR) is 84.0 cm³/mol. The summed E-state index contributed by atoms with van der Waals surface area (Å²) in [6, 6.07) is 4.10. The van der Waals surface area contributed by atoms with Gasteiger partial charge >= 0.3 is 5.97 Å². The van der Waals surface area contributed by atoms with Crippen molar-refractivity contribution < 1.29 is 9.53 Å². The number of hydrogen-bond acceptors (Lipinski definition) is 5. The number of anilines is 2. The first-order valence-corrected chi connectivity index (χ1v) is 7.64. The number of esters is 1. The van der Waals surface area contributed by atoms with Gasteiger partial charge in [-0.3, -0.25) is 4.90 Å². The highest BCUT2D eigenvalue weighted by molar-refractivity contribution is 6.34. The number of rotatable bonds is 3. The molecule has 1 aliphatic heterocycles. The molecule has 0 aromatic heterocycles. The van der Waals surface area contributed by atoms with Crippen molar-refractivity contribution >= 4 is 28.9 Å². The number of hydrogen-bond donors (Lipinski definition) is 1. The Bertz CT molecular complexity index is 552. The lowest BCUT2D eigenvalue weighted by Gasteiger charge is -2.37. The summed E-state index contributed by atoms with van der Waals surface area (Å²) in [5, 5.41) is 0.510. The summed E-state index contributed by atoms with van der Waals surface area (Å²) in [6.07, 6.45) is 2.63. The third-order valence-electron chi connectivity index (χ3n) is 4.18. The quantitative estimate of drug-likeness (QED) is 0.683. The molecule has 0 amide bonds. The minimum absolute atomic E-state index is 0.399. The Morgan fingerprint density at radius 3 is 2.52 bits per heavy atom. The SMILES string of the molecule is COC(=O)c1cc(N)cc(Cl)c1N1CCN(C2CC2)CC1. The molecule has 114 valence electrons. The fraction of sp³-hybridized carbons (Fsp3) is 0.533. The Morgan fingerprint density at radius 1 is 1.29 bits per heavy atom. The Hall–Kier alpha value is -1.46. The van der Waals surface area contributed by atoms with Crippen molar-refractivity contribution in [3.63, 3.8) is 0 Å². The molecule has 1 aliphatic carbocycles. The average Bonchev–Trinajstić information content (AvgIpc) is 3.30. The molecular weight excluding hydrogens is 290 g/mol. The maximum Gasteiger partial charge on any atom is 0.340 e. The van der Waals surface area contributed by atoms with Crippen molar-refractivity contribution in [2.24, 2.45) is 0 Å². The van der Waals surface area contributed by atoms with Gasteiger partial charge in [0, 0.05) is 37.9 Å². The minimum Gasteiger partial charge on any atom is -0.465 e. The lowest BCUT2D eigenvalue weighted by Crippen LogP contribution is -2.47. The highest BCUT2D eigenvalue weighted by atomic mass is 35.5. The number of benzene rings is 1. The molecule has 0 atom stereocenters. The van der Waals surface area contributed by atoms with E-state index in [9.17, 15) is 4.79 Å². The Kier molecular flexibility index (Phi) is 3.95. The number of carbonyl (C=O) groups excluding carboxylic acids is 1. The predicted octanol–water partition coefficient (Wildman–Crippen LogP) is 1.99. The zero-order valence-electron chi connectivity index (χ0n) is 12.1. The minimum atomic E-state index is -0.399. The summed E-state index contributed by atoms with van der Waals surface area (Å²) in [5.74, 6) is -0.399. The van der Waals surface area contributed by atoms with Crippen LogP contribution in [0.25, 0.3) is 0 Å². The van der Waals surface area contributed by atoms with Gasteiger partial charge in [-0.25, -0.2) is 4.79 Å². The van der Waals surface area contributed by atoms with Gasteiger partial charge < -0.3 is 15.4 Å². The van der Waals surface area contributed by atoms with Gasteiger partial charge in [0.1, 0.15) is 0 Å². The molecule has 21 heavy (non-hydrogen) atoms. The van der Waals surface area contributed by atoms with Gasteiger partial charge in [-0.05, 0) is 25.0 Å². The normalized spacial score (nSPS) is 19.6. The van der Waals surface area contributed by atoms with Crippen molar-refractivity contribution in [3.05, 3.63) is 22.7 Å². The van der Waals surface area contributed by atoms with Gasteiger partial charge in [-0.1, -0.05) is 11.6 Å². The molecule has 0 radical (unpaired) electrons. The number of piperazine rings is 1. The van der Waals surface area contributed by atoms with Crippen LogP contribution in [0, 0.1) is 0 Å². The topological polar surface area (TPSA) is 58.8 Å². The highest BCUT2D eigenvalue weighted by Gasteiger charge is 2.32. The van der Waals surface area contributed by atoms with Gasteiger partial charge in [0.2, 0.25) is 0 Å². The fourth-order valence-corrected chi connectivity index (χ4v) is 3.30. The van der Waals surface area contributed by atoms with Crippen LogP contribution in [0.3, 0.4) is 0 Å². The molecule has 1 aromatic carbocycles. The largest absolute Gasteiger partial charge is 0.465 e. The van der Waals surface area contributed by atoms with Crippen LogP contribution in [0.2, 0.25) is 5.02 Å². The molecule has 6 heteroatoms. The molecule has 0 spiro atoms. The monoisotopic (exact) mass is 309 g/mol. The van der Waals surface area contributed by atoms with Gasteiger partial charge in [-0.15, -0.1) is 0 Å². The molecule has 2 aliphatic rings. The van der Waals surface area contributed by atoms with Crippen LogP contribution in [0.5, 0.6) is 0 Å². The number of nitrogen functional groups attached to an aromatic ring is 1. The molecular formula is C15H20ClN3O2. The number of nitrogens with zero attached hydrogens (tertiary/aromatic N) is 2. The third kappa shape index (κ3) is 2.94. The van der Waals surface area contributed by atoms with E-state index in [0.717, 1.165) is 37.9 Å². The molecule has 1 heterocycles. The third-order valence-corrected chi connectivity index (χ3v) is 4.47. The number of halogens is 1. The van der Waals surface area contributed by atoms with Crippen molar-refractivity contribution in [3.8, 4) is 0 Å². The Morgan fingerprint density at radius 2 is 1.95 bits per heavy atom. The summed E-state index contributed by atoms with van der Waals surface area (Å²) < 4.78 is 4.86. The average molecular weight is 310 g/mol. The molecule has 5 nitrogen and oxygen atoms in total. The van der Waals surface area contributed by atoms with Gasteiger partial charge in [-0.2, -0.15) is 0 Å². The van der Waals surface area contributed by atoms with Crippen LogP contribution in [-0.4, -0.2) is 50.2 Å².